The molecule has 0 aliphatic heterocycles. The zero-order valence-corrected chi connectivity index (χ0v) is 13.3. The van der Waals surface area contributed by atoms with Gasteiger partial charge < -0.3 is 5.11 Å². The van der Waals surface area contributed by atoms with Gasteiger partial charge in [-0.15, -0.1) is 0 Å². The standard InChI is InChI=1S/C16H28F2O2/c1-6-12(11-15(5,17)18)13(19)10-14(20)16(7-2,8-3)9-4/h10,12,20H,6-9,11H2,1-5H3/b14-10-. The summed E-state index contributed by atoms with van der Waals surface area (Å²) < 4.78 is 26.1. The predicted molar refractivity (Wildman–Crippen MR) is 78.0 cm³/mol. The fraction of sp³-hybridized carbons (Fsp3) is 0.812. The maximum atomic E-state index is 13.1. The second-order valence-electron chi connectivity index (χ2n) is 5.65. The zero-order valence-electron chi connectivity index (χ0n) is 13.3. The van der Waals surface area contributed by atoms with E-state index in [1.54, 1.807) is 6.92 Å². The molecule has 0 aromatic heterocycles. The molecule has 0 spiro atoms. The predicted octanol–water partition coefficient (Wildman–Crippen LogP) is 5.29. The lowest BCUT2D eigenvalue weighted by atomic mass is 9.77. The van der Waals surface area contributed by atoms with E-state index < -0.39 is 29.5 Å². The Bertz CT molecular complexity index is 331. The Morgan fingerprint density at radius 2 is 1.60 bits per heavy atom. The average Bonchev–Trinajstić information content (AvgIpc) is 2.37. The minimum Gasteiger partial charge on any atom is -0.512 e. The summed E-state index contributed by atoms with van der Waals surface area (Å²) in [6.07, 6.45) is 3.21. The van der Waals surface area contributed by atoms with Crippen molar-refractivity contribution >= 4 is 5.78 Å². The first kappa shape index (κ1) is 19.1. The molecule has 0 amide bonds. The van der Waals surface area contributed by atoms with Crippen LogP contribution in [0.2, 0.25) is 0 Å². The van der Waals surface area contributed by atoms with Gasteiger partial charge in [0.15, 0.2) is 5.78 Å². The minimum absolute atomic E-state index is 0.0351. The third kappa shape index (κ3) is 5.22. The summed E-state index contributed by atoms with van der Waals surface area (Å²) in [7, 11) is 0. The van der Waals surface area contributed by atoms with E-state index in [0.717, 1.165) is 26.2 Å². The van der Waals surface area contributed by atoms with E-state index in [-0.39, 0.29) is 5.76 Å². The van der Waals surface area contributed by atoms with Crippen molar-refractivity contribution in [2.24, 2.45) is 11.3 Å². The van der Waals surface area contributed by atoms with Crippen LogP contribution in [0.25, 0.3) is 0 Å². The first-order valence-electron chi connectivity index (χ1n) is 7.48. The van der Waals surface area contributed by atoms with E-state index in [9.17, 15) is 18.7 Å². The number of carbonyl (C=O) groups excluding carboxylic acids is 1. The van der Waals surface area contributed by atoms with Gasteiger partial charge in [0.1, 0.15) is 5.76 Å². The van der Waals surface area contributed by atoms with Gasteiger partial charge in [0, 0.05) is 23.8 Å². The lowest BCUT2D eigenvalue weighted by Crippen LogP contribution is -2.25. The molecule has 1 atom stereocenters. The highest BCUT2D eigenvalue weighted by atomic mass is 19.3. The summed E-state index contributed by atoms with van der Waals surface area (Å²) >= 11 is 0. The highest BCUT2D eigenvalue weighted by Crippen LogP contribution is 2.37. The molecule has 0 aliphatic carbocycles. The van der Waals surface area contributed by atoms with Crippen LogP contribution in [0.3, 0.4) is 0 Å². The molecule has 0 rings (SSSR count). The van der Waals surface area contributed by atoms with Gasteiger partial charge in [-0.1, -0.05) is 27.7 Å². The molecule has 0 radical (unpaired) electrons. The van der Waals surface area contributed by atoms with E-state index in [2.05, 4.69) is 0 Å². The largest absolute Gasteiger partial charge is 0.512 e. The Morgan fingerprint density at radius 1 is 1.15 bits per heavy atom. The molecule has 118 valence electrons. The van der Waals surface area contributed by atoms with E-state index in [1.165, 1.54) is 6.08 Å². The maximum absolute atomic E-state index is 13.1. The highest BCUT2D eigenvalue weighted by Gasteiger charge is 2.32. The molecule has 0 bridgehead atoms. The Morgan fingerprint density at radius 3 is 1.90 bits per heavy atom. The molecule has 0 saturated carbocycles. The number of ketones is 1. The summed E-state index contributed by atoms with van der Waals surface area (Å²) in [5, 5.41) is 10.2. The van der Waals surface area contributed by atoms with Crippen LogP contribution >= 0.6 is 0 Å². The van der Waals surface area contributed by atoms with Crippen molar-refractivity contribution < 1.29 is 18.7 Å². The topological polar surface area (TPSA) is 37.3 Å². The lowest BCUT2D eigenvalue weighted by Gasteiger charge is -2.30. The normalized spacial score (nSPS) is 15.2. The SMILES string of the molecule is CCC(CC(C)(F)F)C(=O)/C=C(\O)C(CC)(CC)CC. The second-order valence-corrected chi connectivity index (χ2v) is 5.65. The first-order chi connectivity index (χ1) is 9.15. The van der Waals surface area contributed by atoms with Crippen molar-refractivity contribution in [3.05, 3.63) is 11.8 Å². The molecule has 4 heteroatoms. The summed E-state index contributed by atoms with van der Waals surface area (Å²) in [6.45, 7) is 8.41. The summed E-state index contributed by atoms with van der Waals surface area (Å²) in [5.74, 6) is -3.96. The van der Waals surface area contributed by atoms with E-state index in [1.807, 2.05) is 20.8 Å². The third-order valence-corrected chi connectivity index (χ3v) is 4.35. The van der Waals surface area contributed by atoms with Crippen LogP contribution in [-0.4, -0.2) is 16.8 Å². The van der Waals surface area contributed by atoms with Gasteiger partial charge in [-0.3, -0.25) is 4.79 Å². The smallest absolute Gasteiger partial charge is 0.246 e. The molecule has 2 nitrogen and oxygen atoms in total. The van der Waals surface area contributed by atoms with Gasteiger partial charge in [-0.2, -0.15) is 0 Å². The Balaban J connectivity index is 5.14. The van der Waals surface area contributed by atoms with Crippen molar-refractivity contribution in [3.63, 3.8) is 0 Å². The van der Waals surface area contributed by atoms with E-state index in [0.29, 0.717) is 6.42 Å². The van der Waals surface area contributed by atoms with Gasteiger partial charge in [0.25, 0.3) is 0 Å². The van der Waals surface area contributed by atoms with Gasteiger partial charge in [0.05, 0.1) is 0 Å². The summed E-state index contributed by atoms with van der Waals surface area (Å²) in [4.78, 5) is 12.1. The van der Waals surface area contributed by atoms with Crippen LogP contribution in [0.1, 0.15) is 66.7 Å². The third-order valence-electron chi connectivity index (χ3n) is 4.35. The van der Waals surface area contributed by atoms with E-state index in [4.69, 9.17) is 0 Å². The van der Waals surface area contributed by atoms with Crippen LogP contribution in [0.15, 0.2) is 11.8 Å². The van der Waals surface area contributed by atoms with Gasteiger partial charge in [-0.25, -0.2) is 8.78 Å². The van der Waals surface area contributed by atoms with E-state index >= 15 is 0 Å². The van der Waals surface area contributed by atoms with Crippen LogP contribution in [-0.2, 0) is 4.79 Å². The van der Waals surface area contributed by atoms with Crippen molar-refractivity contribution in [3.8, 4) is 0 Å². The zero-order chi connectivity index (χ0) is 16.0. The molecule has 0 aliphatic rings. The quantitative estimate of drug-likeness (QED) is 0.463. The Kier molecular flexibility index (Phi) is 7.39. The number of aliphatic hydroxyl groups is 1. The Labute approximate surface area is 121 Å². The number of alkyl halides is 2. The number of aliphatic hydroxyl groups excluding tert-OH is 1. The van der Waals surface area contributed by atoms with Crippen LogP contribution in [0.4, 0.5) is 8.78 Å². The number of hydrogen-bond donors (Lipinski definition) is 1. The lowest BCUT2D eigenvalue weighted by molar-refractivity contribution is -0.121. The minimum atomic E-state index is -2.86. The highest BCUT2D eigenvalue weighted by molar-refractivity contribution is 5.92. The first-order valence-corrected chi connectivity index (χ1v) is 7.48. The number of carbonyl (C=O) groups is 1. The number of halogens is 2. The molecule has 20 heavy (non-hydrogen) atoms. The van der Waals surface area contributed by atoms with Crippen molar-refractivity contribution in [2.75, 3.05) is 0 Å². The molecule has 0 aromatic rings. The molecule has 0 saturated heterocycles. The monoisotopic (exact) mass is 290 g/mol. The van der Waals surface area contributed by atoms with Crippen molar-refractivity contribution in [1.82, 2.24) is 0 Å². The van der Waals surface area contributed by atoms with Gasteiger partial charge in [0.2, 0.25) is 5.92 Å². The molecule has 1 N–H and O–H groups in total. The van der Waals surface area contributed by atoms with Gasteiger partial charge >= 0.3 is 0 Å². The number of rotatable bonds is 9. The summed E-state index contributed by atoms with van der Waals surface area (Å²) in [5.41, 5.74) is -0.414. The van der Waals surface area contributed by atoms with Gasteiger partial charge in [-0.05, 0) is 32.6 Å². The second kappa shape index (κ2) is 7.75. The molecule has 1 unspecified atom stereocenters. The molecular weight excluding hydrogens is 262 g/mol. The van der Waals surface area contributed by atoms with Crippen LogP contribution in [0, 0.1) is 11.3 Å². The maximum Gasteiger partial charge on any atom is 0.246 e. The molecule has 0 fully saturated rings. The average molecular weight is 290 g/mol. The van der Waals surface area contributed by atoms with Crippen LogP contribution in [0.5, 0.6) is 0 Å². The molecular formula is C16H28F2O2. The van der Waals surface area contributed by atoms with Crippen molar-refractivity contribution in [1.29, 1.82) is 0 Å². The van der Waals surface area contributed by atoms with Crippen molar-refractivity contribution in [2.45, 2.75) is 72.6 Å². The van der Waals surface area contributed by atoms with Crippen LogP contribution < -0.4 is 0 Å². The fourth-order valence-corrected chi connectivity index (χ4v) is 2.58. The fourth-order valence-electron chi connectivity index (χ4n) is 2.58. The summed E-state index contributed by atoms with van der Waals surface area (Å²) in [6, 6.07) is 0. The molecule has 0 heterocycles. The Hall–Kier alpha value is -0.930. The number of allylic oxidation sites excluding steroid dienone is 2. The molecule has 0 aromatic carbocycles. The number of hydrogen-bond acceptors (Lipinski definition) is 2.